The van der Waals surface area contributed by atoms with Crippen molar-refractivity contribution in [2.24, 2.45) is 5.92 Å². The molecule has 2 aromatic carbocycles. The van der Waals surface area contributed by atoms with Gasteiger partial charge in [0.15, 0.2) is 11.6 Å². The lowest BCUT2D eigenvalue weighted by Gasteiger charge is -2.15. The molecule has 0 unspecified atom stereocenters. The SMILES string of the molecule is Cc1cc(Cl)ccc1Cc1c(C(=O)COCC2CC2)cc2c(ncn2CCCCN2CCCC2)c1F. The fourth-order valence-electron chi connectivity index (χ4n) is 5.15. The van der Waals surface area contributed by atoms with Crippen molar-refractivity contribution in [3.05, 3.63) is 63.7 Å². The predicted molar refractivity (Wildman–Crippen MR) is 141 cm³/mol. The minimum atomic E-state index is -0.414. The van der Waals surface area contributed by atoms with Crippen LogP contribution in [0.25, 0.3) is 11.0 Å². The first-order chi connectivity index (χ1) is 17.5. The second-order valence-corrected chi connectivity index (χ2v) is 10.8. The molecule has 0 bridgehead atoms. The fourth-order valence-corrected chi connectivity index (χ4v) is 5.38. The van der Waals surface area contributed by atoms with E-state index in [1.807, 2.05) is 29.7 Å². The lowest BCUT2D eigenvalue weighted by molar-refractivity contribution is 0.0738. The number of carbonyl (C=O) groups is 1. The maximum Gasteiger partial charge on any atom is 0.188 e. The number of Topliss-reactive ketones (excluding diaryl/α,β-unsaturated/α-hetero) is 1. The first-order valence-corrected chi connectivity index (χ1v) is 13.6. The summed E-state index contributed by atoms with van der Waals surface area (Å²) in [7, 11) is 0. The lowest BCUT2D eigenvalue weighted by atomic mass is 9.94. The van der Waals surface area contributed by atoms with Crippen molar-refractivity contribution in [1.29, 1.82) is 0 Å². The molecule has 0 radical (unpaired) electrons. The molecular formula is C29H35ClFN3O2. The highest BCUT2D eigenvalue weighted by atomic mass is 35.5. The van der Waals surface area contributed by atoms with Crippen LogP contribution < -0.4 is 0 Å². The maximum atomic E-state index is 16.0. The standard InChI is InChI=1S/C29H35ClFN3O2/c1-20-14-23(30)9-8-22(20)15-25-24(27(35)18-36-17-21-6-7-21)16-26-29(28(25)31)32-19-34(26)13-5-4-12-33-10-2-3-11-33/h8-9,14,16,19,21H,2-7,10-13,15,17-18H2,1H3. The Morgan fingerprint density at radius 3 is 2.69 bits per heavy atom. The Kier molecular flexibility index (Phi) is 8.04. The molecule has 1 aromatic heterocycles. The second-order valence-electron chi connectivity index (χ2n) is 10.4. The van der Waals surface area contributed by atoms with E-state index < -0.39 is 5.82 Å². The van der Waals surface area contributed by atoms with Gasteiger partial charge in [-0.15, -0.1) is 0 Å². The molecule has 5 rings (SSSR count). The molecule has 1 saturated heterocycles. The Bertz CT molecular complexity index is 1230. The number of nitrogens with zero attached hydrogens (tertiary/aromatic N) is 3. The van der Waals surface area contributed by atoms with Gasteiger partial charge in [-0.3, -0.25) is 4.79 Å². The molecular weight excluding hydrogens is 477 g/mol. The van der Waals surface area contributed by atoms with Crippen molar-refractivity contribution in [2.75, 3.05) is 32.8 Å². The minimum Gasteiger partial charge on any atom is -0.373 e. The Labute approximate surface area is 217 Å². The topological polar surface area (TPSA) is 47.4 Å². The van der Waals surface area contributed by atoms with Gasteiger partial charge < -0.3 is 14.2 Å². The smallest absolute Gasteiger partial charge is 0.188 e. The highest BCUT2D eigenvalue weighted by Gasteiger charge is 2.25. The Balaban J connectivity index is 1.40. The summed E-state index contributed by atoms with van der Waals surface area (Å²) in [5.74, 6) is -0.0294. The summed E-state index contributed by atoms with van der Waals surface area (Å²) in [5, 5.41) is 0.639. The zero-order valence-corrected chi connectivity index (χ0v) is 21.8. The highest BCUT2D eigenvalue weighted by Crippen LogP contribution is 2.30. The summed E-state index contributed by atoms with van der Waals surface area (Å²) in [5.41, 5.74) is 3.68. The maximum absolute atomic E-state index is 16.0. The Morgan fingerprint density at radius 2 is 1.94 bits per heavy atom. The van der Waals surface area contributed by atoms with Gasteiger partial charge in [0.1, 0.15) is 12.1 Å². The van der Waals surface area contributed by atoms with Crippen LogP contribution in [0.3, 0.4) is 0 Å². The summed E-state index contributed by atoms with van der Waals surface area (Å²) in [6.45, 7) is 6.77. The summed E-state index contributed by atoms with van der Waals surface area (Å²) >= 11 is 6.13. The van der Waals surface area contributed by atoms with Gasteiger partial charge in [-0.1, -0.05) is 17.7 Å². The van der Waals surface area contributed by atoms with Crippen molar-refractivity contribution >= 4 is 28.4 Å². The molecule has 36 heavy (non-hydrogen) atoms. The third-order valence-electron chi connectivity index (χ3n) is 7.54. The number of ether oxygens (including phenoxy) is 1. The number of unbranched alkanes of at least 4 members (excludes halogenated alkanes) is 1. The van der Waals surface area contributed by atoms with E-state index in [0.29, 0.717) is 46.1 Å². The summed E-state index contributed by atoms with van der Waals surface area (Å²) in [6, 6.07) is 7.40. The molecule has 5 nitrogen and oxygen atoms in total. The van der Waals surface area contributed by atoms with Gasteiger partial charge in [-0.2, -0.15) is 0 Å². The van der Waals surface area contributed by atoms with E-state index in [-0.39, 0.29) is 12.4 Å². The zero-order chi connectivity index (χ0) is 25.1. The van der Waals surface area contributed by atoms with Gasteiger partial charge in [-0.25, -0.2) is 9.37 Å². The van der Waals surface area contributed by atoms with Crippen LogP contribution in [-0.4, -0.2) is 53.1 Å². The number of ketones is 1. The van der Waals surface area contributed by atoms with E-state index >= 15 is 4.39 Å². The number of benzene rings is 2. The van der Waals surface area contributed by atoms with Gasteiger partial charge >= 0.3 is 0 Å². The molecule has 2 aliphatic rings. The van der Waals surface area contributed by atoms with E-state index in [4.69, 9.17) is 16.3 Å². The molecule has 0 amide bonds. The third kappa shape index (κ3) is 5.99. The van der Waals surface area contributed by atoms with Crippen LogP contribution >= 0.6 is 11.6 Å². The predicted octanol–water partition coefficient (Wildman–Crippen LogP) is 6.21. The summed E-state index contributed by atoms with van der Waals surface area (Å²) < 4.78 is 23.6. The number of imidazole rings is 1. The monoisotopic (exact) mass is 511 g/mol. The average molecular weight is 512 g/mol. The van der Waals surface area contributed by atoms with Gasteiger partial charge in [0.05, 0.1) is 18.5 Å². The number of likely N-dealkylation sites (tertiary alicyclic amines) is 1. The third-order valence-corrected chi connectivity index (χ3v) is 7.77. The molecule has 2 heterocycles. The van der Waals surface area contributed by atoms with Crippen molar-refractivity contribution < 1.29 is 13.9 Å². The van der Waals surface area contributed by atoms with Crippen LogP contribution in [0.1, 0.15) is 65.6 Å². The van der Waals surface area contributed by atoms with Crippen LogP contribution in [-0.2, 0) is 17.7 Å². The van der Waals surface area contributed by atoms with Crippen LogP contribution in [0.4, 0.5) is 4.39 Å². The van der Waals surface area contributed by atoms with Gasteiger partial charge in [0.2, 0.25) is 0 Å². The Hall–Kier alpha value is -2.28. The lowest BCUT2D eigenvalue weighted by Crippen LogP contribution is -2.20. The van der Waals surface area contributed by atoms with Crippen LogP contribution in [0.2, 0.25) is 5.02 Å². The van der Waals surface area contributed by atoms with Gasteiger partial charge in [-0.05, 0) is 100 Å². The van der Waals surface area contributed by atoms with Crippen LogP contribution in [0.15, 0.2) is 30.6 Å². The van der Waals surface area contributed by atoms with E-state index in [1.165, 1.54) is 25.9 Å². The molecule has 0 N–H and O–H groups in total. The average Bonchev–Trinajstić information content (AvgIpc) is 3.35. The van der Waals surface area contributed by atoms with Crippen molar-refractivity contribution in [1.82, 2.24) is 14.5 Å². The second kappa shape index (κ2) is 11.4. The quantitative estimate of drug-likeness (QED) is 0.214. The number of fused-ring (bicyclic) bond motifs is 1. The van der Waals surface area contributed by atoms with E-state index in [1.54, 1.807) is 12.4 Å². The molecule has 1 saturated carbocycles. The summed E-state index contributed by atoms with van der Waals surface area (Å²) in [6.07, 6.45) is 9.00. The normalized spacial score (nSPS) is 16.3. The van der Waals surface area contributed by atoms with Gasteiger partial charge in [0, 0.05) is 29.1 Å². The number of aromatic nitrogens is 2. The molecule has 7 heteroatoms. The van der Waals surface area contributed by atoms with Gasteiger partial charge in [0.25, 0.3) is 0 Å². The molecule has 192 valence electrons. The number of hydrogen-bond donors (Lipinski definition) is 0. The van der Waals surface area contributed by atoms with Crippen LogP contribution in [0, 0.1) is 18.7 Å². The van der Waals surface area contributed by atoms with Crippen LogP contribution in [0.5, 0.6) is 0 Å². The number of aryl methyl sites for hydroxylation is 2. The van der Waals surface area contributed by atoms with E-state index in [0.717, 1.165) is 49.9 Å². The molecule has 1 aliphatic carbocycles. The molecule has 0 atom stereocenters. The first-order valence-electron chi connectivity index (χ1n) is 13.2. The zero-order valence-electron chi connectivity index (χ0n) is 21.1. The largest absolute Gasteiger partial charge is 0.373 e. The van der Waals surface area contributed by atoms with E-state index in [2.05, 4.69) is 9.88 Å². The minimum absolute atomic E-state index is 0.0297. The highest BCUT2D eigenvalue weighted by molar-refractivity contribution is 6.30. The fraction of sp³-hybridized carbons (Fsp3) is 0.517. The molecule has 0 spiro atoms. The number of hydrogen-bond acceptors (Lipinski definition) is 4. The van der Waals surface area contributed by atoms with E-state index in [9.17, 15) is 4.79 Å². The van der Waals surface area contributed by atoms with Crippen molar-refractivity contribution in [3.8, 4) is 0 Å². The van der Waals surface area contributed by atoms with Crippen molar-refractivity contribution in [2.45, 2.75) is 58.4 Å². The number of carbonyl (C=O) groups excluding carboxylic acids is 1. The molecule has 1 aliphatic heterocycles. The van der Waals surface area contributed by atoms with Crippen molar-refractivity contribution in [3.63, 3.8) is 0 Å². The first kappa shape index (κ1) is 25.4. The number of rotatable bonds is 12. The Morgan fingerprint density at radius 1 is 1.17 bits per heavy atom. The molecule has 2 fully saturated rings. The summed E-state index contributed by atoms with van der Waals surface area (Å²) in [4.78, 5) is 20.2. The number of halogens is 2. The molecule has 3 aromatic rings.